The predicted octanol–water partition coefficient (Wildman–Crippen LogP) is 2.24. The average molecular weight is 270 g/mol. The van der Waals surface area contributed by atoms with E-state index in [4.69, 9.17) is 0 Å². The molecule has 0 atom stereocenters. The second-order valence-electron chi connectivity index (χ2n) is 4.39. The van der Waals surface area contributed by atoms with Gasteiger partial charge in [0, 0.05) is 0 Å². The van der Waals surface area contributed by atoms with Gasteiger partial charge in [-0.2, -0.15) is 0 Å². The van der Waals surface area contributed by atoms with Crippen LogP contribution in [-0.2, 0) is 0 Å². The van der Waals surface area contributed by atoms with Gasteiger partial charge in [0.05, 0.1) is 0 Å². The van der Waals surface area contributed by atoms with Crippen LogP contribution in [0.2, 0.25) is 14.8 Å². The first-order valence-electron chi connectivity index (χ1n) is 4.35. The Morgan fingerprint density at radius 2 is 1.75 bits per heavy atom. The van der Waals surface area contributed by atoms with Crippen molar-refractivity contribution in [2.24, 2.45) is 0 Å². The van der Waals surface area contributed by atoms with E-state index >= 15 is 0 Å². The number of nitrogens with zero attached hydrogens (tertiary/aromatic N) is 1. The topological polar surface area (TPSA) is 12.9 Å². The summed E-state index contributed by atoms with van der Waals surface area (Å²) in [5, 5.41) is 0. The van der Waals surface area contributed by atoms with Crippen LogP contribution >= 0.6 is 0 Å². The van der Waals surface area contributed by atoms with Gasteiger partial charge in [0.2, 0.25) is 0 Å². The minimum atomic E-state index is -1.87. The van der Waals surface area contributed by atoms with Crippen molar-refractivity contribution in [1.82, 2.24) is 4.98 Å². The fourth-order valence-electron chi connectivity index (χ4n) is 1.48. The summed E-state index contributed by atoms with van der Waals surface area (Å²) in [6.07, 6.45) is 2.08. The van der Waals surface area contributed by atoms with Gasteiger partial charge in [-0.1, -0.05) is 0 Å². The Morgan fingerprint density at radius 1 is 1.17 bits per heavy atom. The van der Waals surface area contributed by atoms with E-state index in [0.717, 1.165) is 5.69 Å². The van der Waals surface area contributed by atoms with Crippen molar-refractivity contribution in [3.63, 3.8) is 0 Å². The van der Waals surface area contributed by atoms with Crippen molar-refractivity contribution in [3.8, 4) is 0 Å². The van der Waals surface area contributed by atoms with Crippen LogP contribution in [0, 0.1) is 13.8 Å². The number of aromatic nitrogens is 1. The predicted molar refractivity (Wildman–Crippen MR) is 56.7 cm³/mol. The Labute approximate surface area is 79.1 Å². The third-order valence-corrected chi connectivity index (χ3v) is 8.16. The van der Waals surface area contributed by atoms with Gasteiger partial charge >= 0.3 is 79.1 Å². The van der Waals surface area contributed by atoms with E-state index in [0.29, 0.717) is 0 Å². The molecule has 0 saturated carbocycles. The monoisotopic (exact) mass is 271 g/mol. The Kier molecular flexibility index (Phi) is 2.81. The van der Waals surface area contributed by atoms with Crippen molar-refractivity contribution < 1.29 is 0 Å². The summed E-state index contributed by atoms with van der Waals surface area (Å²) >= 11 is -1.87. The van der Waals surface area contributed by atoms with Gasteiger partial charge in [0.1, 0.15) is 0 Å². The van der Waals surface area contributed by atoms with Gasteiger partial charge < -0.3 is 0 Å². The number of aryl methyl sites for hydroxylation is 2. The molecule has 1 nitrogen and oxygen atoms in total. The van der Waals surface area contributed by atoms with Crippen LogP contribution in [0.15, 0.2) is 12.3 Å². The molecule has 12 heavy (non-hydrogen) atoms. The zero-order valence-electron chi connectivity index (χ0n) is 8.60. The van der Waals surface area contributed by atoms with Gasteiger partial charge in [-0.15, -0.1) is 0 Å². The fraction of sp³-hybridized carbons (Fsp3) is 0.500. The van der Waals surface area contributed by atoms with Gasteiger partial charge in [-0.05, 0) is 0 Å². The molecule has 1 aromatic rings. The van der Waals surface area contributed by atoms with E-state index < -0.39 is 18.4 Å². The molecular weight excluding hydrogens is 253 g/mol. The van der Waals surface area contributed by atoms with Gasteiger partial charge in [-0.3, -0.25) is 0 Å². The van der Waals surface area contributed by atoms with E-state index in [2.05, 4.69) is 45.9 Å². The molecule has 0 aromatic carbocycles. The molecule has 0 N–H and O–H groups in total. The SMILES string of the molecule is Cc1cc(C)[c]([Sn]([CH3])([CH3])[CH3])cn1. The Hall–Kier alpha value is -0.0513. The summed E-state index contributed by atoms with van der Waals surface area (Å²) < 4.78 is 1.55. The molecule has 0 unspecified atom stereocenters. The van der Waals surface area contributed by atoms with Crippen molar-refractivity contribution in [2.75, 3.05) is 0 Å². The Morgan fingerprint density at radius 3 is 2.17 bits per heavy atom. The first-order chi connectivity index (χ1) is 5.41. The molecule has 1 heterocycles. The third kappa shape index (κ3) is 2.22. The van der Waals surface area contributed by atoms with Crippen LogP contribution in [0.4, 0.5) is 0 Å². The van der Waals surface area contributed by atoms with Crippen molar-refractivity contribution in [1.29, 1.82) is 0 Å². The summed E-state index contributed by atoms with van der Waals surface area (Å²) in [5.74, 6) is 0. The molecule has 0 fully saturated rings. The van der Waals surface area contributed by atoms with Gasteiger partial charge in [-0.25, -0.2) is 0 Å². The maximum atomic E-state index is 4.36. The van der Waals surface area contributed by atoms with E-state index in [1.54, 1.807) is 3.58 Å². The molecule has 0 radical (unpaired) electrons. The second-order valence-corrected chi connectivity index (χ2v) is 18.8. The molecule has 0 saturated heterocycles. The molecule has 1 rings (SSSR count). The third-order valence-electron chi connectivity index (χ3n) is 2.06. The van der Waals surface area contributed by atoms with Crippen LogP contribution in [0.1, 0.15) is 11.3 Å². The first-order valence-corrected chi connectivity index (χ1v) is 14.3. The summed E-state index contributed by atoms with van der Waals surface area (Å²) in [6, 6.07) is 2.19. The normalized spacial score (nSPS) is 11.8. The molecule has 0 aliphatic rings. The molecule has 2 heteroatoms. The summed E-state index contributed by atoms with van der Waals surface area (Å²) in [7, 11) is 0. The average Bonchev–Trinajstić information content (AvgIpc) is 1.83. The van der Waals surface area contributed by atoms with Crippen LogP contribution < -0.4 is 3.58 Å². The molecule has 1 aromatic heterocycles. The van der Waals surface area contributed by atoms with Crippen LogP contribution in [0.5, 0.6) is 0 Å². The quantitative estimate of drug-likeness (QED) is 0.713. The van der Waals surface area contributed by atoms with Crippen LogP contribution in [0.25, 0.3) is 0 Å². The molecule has 0 bridgehead atoms. The zero-order valence-corrected chi connectivity index (χ0v) is 11.5. The number of rotatable bonds is 1. The summed E-state index contributed by atoms with van der Waals surface area (Å²) in [5.41, 5.74) is 2.57. The second kappa shape index (κ2) is 3.36. The number of hydrogen-bond donors (Lipinski definition) is 0. The molecular formula is C10H17NSn. The van der Waals surface area contributed by atoms with Crippen molar-refractivity contribution >= 4 is 22.0 Å². The first kappa shape index (κ1) is 10.0. The Balaban J connectivity index is 3.19. The van der Waals surface area contributed by atoms with Crippen molar-refractivity contribution in [3.05, 3.63) is 23.5 Å². The number of hydrogen-bond acceptors (Lipinski definition) is 1. The van der Waals surface area contributed by atoms with E-state index in [-0.39, 0.29) is 0 Å². The van der Waals surface area contributed by atoms with Crippen molar-refractivity contribution in [2.45, 2.75) is 28.7 Å². The molecule has 0 aliphatic heterocycles. The summed E-state index contributed by atoms with van der Waals surface area (Å²) in [4.78, 5) is 11.6. The molecule has 0 amide bonds. The van der Waals surface area contributed by atoms with Gasteiger partial charge in [0.25, 0.3) is 0 Å². The van der Waals surface area contributed by atoms with E-state index in [1.165, 1.54) is 5.56 Å². The maximum absolute atomic E-state index is 4.36. The van der Waals surface area contributed by atoms with E-state index in [9.17, 15) is 0 Å². The molecule has 66 valence electrons. The molecule has 0 aliphatic carbocycles. The standard InChI is InChI=1S/C7H8N.3CH3.Sn/c1-6-3-4-8-7(2)5-6;;;;/h4-5H,1-2H3;3*1H3;. The summed E-state index contributed by atoms with van der Waals surface area (Å²) in [6.45, 7) is 4.25. The van der Waals surface area contributed by atoms with Crippen LogP contribution in [0.3, 0.4) is 0 Å². The number of pyridine rings is 1. The zero-order chi connectivity index (χ0) is 9.35. The minimum absolute atomic E-state index is 1.13. The van der Waals surface area contributed by atoms with Crippen LogP contribution in [-0.4, -0.2) is 23.4 Å². The fourth-order valence-corrected chi connectivity index (χ4v) is 6.35. The Bertz CT molecular complexity index is 286. The molecule has 0 spiro atoms. The van der Waals surface area contributed by atoms with Gasteiger partial charge in [0.15, 0.2) is 0 Å². The van der Waals surface area contributed by atoms with E-state index in [1.807, 2.05) is 0 Å².